The first kappa shape index (κ1) is 15.8. The van der Waals surface area contributed by atoms with E-state index in [0.29, 0.717) is 0 Å². The van der Waals surface area contributed by atoms with Gasteiger partial charge in [0, 0.05) is 22.3 Å². The molecule has 0 bridgehead atoms. The number of nitrogens with one attached hydrogen (secondary N) is 1. The van der Waals surface area contributed by atoms with Crippen LogP contribution in [0.25, 0.3) is 11.3 Å². The second-order valence-electron chi connectivity index (χ2n) is 5.98. The topological polar surface area (TPSA) is 54.9 Å². The Morgan fingerprint density at radius 2 is 2.04 bits per heavy atom. The Kier molecular flexibility index (Phi) is 4.24. The van der Waals surface area contributed by atoms with Gasteiger partial charge < -0.3 is 5.32 Å². The number of anilines is 1. The number of rotatable bonds is 3. The highest BCUT2D eigenvalue weighted by Crippen LogP contribution is 2.37. The van der Waals surface area contributed by atoms with Gasteiger partial charge in [0.2, 0.25) is 5.91 Å². The first-order chi connectivity index (χ1) is 12.2. The summed E-state index contributed by atoms with van der Waals surface area (Å²) < 4.78 is 0. The smallest absolute Gasteiger partial charge is 0.238 e. The molecule has 5 heteroatoms. The number of carbonyl (C=O) groups excluding carboxylic acids is 1. The van der Waals surface area contributed by atoms with E-state index in [-0.39, 0.29) is 11.2 Å². The van der Waals surface area contributed by atoms with Crippen LogP contribution in [0.15, 0.2) is 65.7 Å². The van der Waals surface area contributed by atoms with E-state index in [9.17, 15) is 4.79 Å². The van der Waals surface area contributed by atoms with Gasteiger partial charge in [-0.15, -0.1) is 11.8 Å². The maximum Gasteiger partial charge on any atom is 0.238 e. The summed E-state index contributed by atoms with van der Waals surface area (Å²) in [5.74, 6) is 0.768. The largest absolute Gasteiger partial charge is 0.325 e. The van der Waals surface area contributed by atoms with Gasteiger partial charge in [-0.2, -0.15) is 0 Å². The van der Waals surface area contributed by atoms with Crippen molar-refractivity contribution in [1.29, 1.82) is 0 Å². The number of aromatic nitrogens is 2. The van der Waals surface area contributed by atoms with Gasteiger partial charge in [0.1, 0.15) is 5.82 Å². The van der Waals surface area contributed by atoms with Crippen LogP contribution in [0.2, 0.25) is 0 Å². The molecule has 25 heavy (non-hydrogen) atoms. The fourth-order valence-electron chi connectivity index (χ4n) is 2.92. The Balaban J connectivity index is 1.50. The summed E-state index contributed by atoms with van der Waals surface area (Å²) in [6.07, 6.45) is 2.52. The lowest BCUT2D eigenvalue weighted by Crippen LogP contribution is -2.24. The Morgan fingerprint density at radius 3 is 2.88 bits per heavy atom. The predicted octanol–water partition coefficient (Wildman–Crippen LogP) is 4.11. The summed E-state index contributed by atoms with van der Waals surface area (Å²) in [4.78, 5) is 22.4. The molecule has 2 heterocycles. The van der Waals surface area contributed by atoms with E-state index in [1.165, 1.54) is 10.5 Å². The lowest BCUT2D eigenvalue weighted by atomic mass is 10.1. The third kappa shape index (κ3) is 3.42. The number of nitrogens with zero attached hydrogens (tertiary/aromatic N) is 2. The Bertz CT molecular complexity index is 916. The maximum atomic E-state index is 12.6. The monoisotopic (exact) mass is 347 g/mol. The summed E-state index contributed by atoms with van der Waals surface area (Å²) in [6.45, 7) is 1.87. The second kappa shape index (κ2) is 6.69. The molecule has 1 amide bonds. The van der Waals surface area contributed by atoms with Crippen molar-refractivity contribution < 1.29 is 4.79 Å². The van der Waals surface area contributed by atoms with E-state index >= 15 is 0 Å². The Hall–Kier alpha value is -2.66. The molecule has 4 nitrogen and oxygen atoms in total. The average Bonchev–Trinajstić information content (AvgIpc) is 3.06. The normalized spacial score (nSPS) is 15.6. The zero-order chi connectivity index (χ0) is 17.2. The van der Waals surface area contributed by atoms with Gasteiger partial charge in [0.05, 0.1) is 10.9 Å². The van der Waals surface area contributed by atoms with E-state index in [1.807, 2.05) is 49.4 Å². The molecule has 0 saturated heterocycles. The van der Waals surface area contributed by atoms with Crippen molar-refractivity contribution in [2.45, 2.75) is 23.5 Å². The van der Waals surface area contributed by atoms with Crippen molar-refractivity contribution in [3.63, 3.8) is 0 Å². The molecule has 1 aliphatic heterocycles. The molecule has 1 aliphatic rings. The number of hydrogen-bond acceptors (Lipinski definition) is 4. The Morgan fingerprint density at radius 1 is 1.16 bits per heavy atom. The number of fused-ring (bicyclic) bond motifs is 1. The number of amides is 1. The van der Waals surface area contributed by atoms with Crippen molar-refractivity contribution in [1.82, 2.24) is 9.97 Å². The average molecular weight is 347 g/mol. The zero-order valence-corrected chi connectivity index (χ0v) is 14.6. The molecule has 0 fully saturated rings. The van der Waals surface area contributed by atoms with Crippen LogP contribution in [-0.2, 0) is 11.2 Å². The molecule has 0 radical (unpaired) electrons. The third-order valence-corrected chi connectivity index (χ3v) is 5.46. The standard InChI is InChI=1S/C20H17N3OS/c1-13-21-10-9-17(22-13)14-6-4-7-16(11-14)23-20(24)19-12-15-5-2-3-8-18(15)25-19/h2-11,19H,12H2,1H3,(H,23,24). The fourth-order valence-corrected chi connectivity index (χ4v) is 4.12. The minimum Gasteiger partial charge on any atom is -0.325 e. The van der Waals surface area contributed by atoms with Crippen LogP contribution < -0.4 is 5.32 Å². The second-order valence-corrected chi connectivity index (χ2v) is 7.22. The van der Waals surface area contributed by atoms with Crippen molar-refractivity contribution in [3.8, 4) is 11.3 Å². The molecular weight excluding hydrogens is 330 g/mol. The number of aryl methyl sites for hydroxylation is 1. The van der Waals surface area contributed by atoms with Gasteiger partial charge in [0.15, 0.2) is 0 Å². The van der Waals surface area contributed by atoms with Crippen LogP contribution >= 0.6 is 11.8 Å². The summed E-state index contributed by atoms with van der Waals surface area (Å²) in [5.41, 5.74) is 3.85. The van der Waals surface area contributed by atoms with E-state index < -0.39 is 0 Å². The van der Waals surface area contributed by atoms with Gasteiger partial charge in [-0.3, -0.25) is 4.79 Å². The first-order valence-corrected chi connectivity index (χ1v) is 9.02. The van der Waals surface area contributed by atoms with Crippen molar-refractivity contribution in [2.24, 2.45) is 0 Å². The minimum absolute atomic E-state index is 0.0391. The molecule has 1 atom stereocenters. The van der Waals surface area contributed by atoms with Gasteiger partial charge in [-0.1, -0.05) is 30.3 Å². The predicted molar refractivity (Wildman–Crippen MR) is 101 cm³/mol. The SMILES string of the molecule is Cc1nccc(-c2cccc(NC(=O)C3Cc4ccccc4S3)c2)n1. The first-order valence-electron chi connectivity index (χ1n) is 8.14. The summed E-state index contributed by atoms with van der Waals surface area (Å²) >= 11 is 1.63. The lowest BCUT2D eigenvalue weighted by molar-refractivity contribution is -0.115. The van der Waals surface area contributed by atoms with Crippen LogP contribution in [-0.4, -0.2) is 21.1 Å². The van der Waals surface area contributed by atoms with Crippen LogP contribution in [0.1, 0.15) is 11.4 Å². The number of thioether (sulfide) groups is 1. The lowest BCUT2D eigenvalue weighted by Gasteiger charge is -2.11. The summed E-state index contributed by atoms with van der Waals surface area (Å²) in [6, 6.07) is 17.8. The van der Waals surface area contributed by atoms with Crippen LogP contribution in [0.4, 0.5) is 5.69 Å². The number of carbonyl (C=O) groups is 1. The molecule has 4 rings (SSSR count). The molecule has 0 saturated carbocycles. The van der Waals surface area contributed by atoms with Crippen molar-refractivity contribution in [3.05, 3.63) is 72.2 Å². The van der Waals surface area contributed by atoms with E-state index in [1.54, 1.807) is 18.0 Å². The molecule has 1 unspecified atom stereocenters. The highest BCUT2D eigenvalue weighted by atomic mass is 32.2. The highest BCUT2D eigenvalue weighted by molar-refractivity contribution is 8.01. The van der Waals surface area contributed by atoms with E-state index in [2.05, 4.69) is 27.4 Å². The van der Waals surface area contributed by atoms with Crippen LogP contribution in [0, 0.1) is 6.92 Å². The summed E-state index contributed by atoms with van der Waals surface area (Å²) in [7, 11) is 0. The third-order valence-electron chi connectivity index (χ3n) is 4.14. The molecule has 0 aliphatic carbocycles. The van der Waals surface area contributed by atoms with Crippen molar-refractivity contribution in [2.75, 3.05) is 5.32 Å². The van der Waals surface area contributed by atoms with Gasteiger partial charge in [-0.25, -0.2) is 9.97 Å². The minimum atomic E-state index is -0.0812. The molecule has 0 spiro atoms. The highest BCUT2D eigenvalue weighted by Gasteiger charge is 2.27. The van der Waals surface area contributed by atoms with Gasteiger partial charge in [-0.05, 0) is 43.2 Å². The van der Waals surface area contributed by atoms with Crippen LogP contribution in [0.5, 0.6) is 0 Å². The number of hydrogen-bond donors (Lipinski definition) is 1. The molecular formula is C20H17N3OS. The fraction of sp³-hybridized carbons (Fsp3) is 0.150. The quantitative estimate of drug-likeness (QED) is 0.775. The van der Waals surface area contributed by atoms with Crippen molar-refractivity contribution >= 4 is 23.4 Å². The molecule has 2 aromatic carbocycles. The van der Waals surface area contributed by atoms with Crippen LogP contribution in [0.3, 0.4) is 0 Å². The number of benzene rings is 2. The zero-order valence-electron chi connectivity index (χ0n) is 13.8. The van der Waals surface area contributed by atoms with E-state index in [0.717, 1.165) is 29.2 Å². The molecule has 3 aromatic rings. The molecule has 124 valence electrons. The molecule has 1 aromatic heterocycles. The van der Waals surface area contributed by atoms with Gasteiger partial charge >= 0.3 is 0 Å². The summed E-state index contributed by atoms with van der Waals surface area (Å²) in [5, 5.41) is 2.96. The van der Waals surface area contributed by atoms with Gasteiger partial charge in [0.25, 0.3) is 0 Å². The maximum absolute atomic E-state index is 12.6. The van der Waals surface area contributed by atoms with E-state index in [4.69, 9.17) is 0 Å². The molecule has 1 N–H and O–H groups in total. The Labute approximate surface area is 150 Å².